The average molecular weight is 213 g/mol. The summed E-state index contributed by atoms with van der Waals surface area (Å²) in [4.78, 5) is 0. The fraction of sp³-hybridized carbons (Fsp3) is 1.00. The minimum absolute atomic E-state index is 0.0565. The van der Waals surface area contributed by atoms with Gasteiger partial charge in [-0.1, -0.05) is 25.7 Å². The molecule has 1 aliphatic carbocycles. The molecular formula is C12H23NO2. The van der Waals surface area contributed by atoms with Crippen LogP contribution in [0.4, 0.5) is 0 Å². The van der Waals surface area contributed by atoms with Crippen LogP contribution < -0.4 is 5.73 Å². The van der Waals surface area contributed by atoms with Crippen molar-refractivity contribution in [2.45, 2.75) is 56.6 Å². The Kier molecular flexibility index (Phi) is 4.00. The highest BCUT2D eigenvalue weighted by Gasteiger charge is 2.28. The van der Waals surface area contributed by atoms with Gasteiger partial charge in [-0.3, -0.25) is 0 Å². The lowest BCUT2D eigenvalue weighted by Crippen LogP contribution is -2.45. The lowest BCUT2D eigenvalue weighted by atomic mass is 9.92. The number of rotatable bonds is 3. The molecule has 2 fully saturated rings. The molecule has 2 N–H and O–H groups in total. The third kappa shape index (κ3) is 3.44. The molecule has 0 aromatic rings. The van der Waals surface area contributed by atoms with Crippen molar-refractivity contribution in [3.63, 3.8) is 0 Å². The van der Waals surface area contributed by atoms with Gasteiger partial charge in [0.25, 0.3) is 0 Å². The van der Waals surface area contributed by atoms with Gasteiger partial charge in [0.1, 0.15) is 0 Å². The second-order valence-electron chi connectivity index (χ2n) is 5.07. The fourth-order valence-electron chi connectivity index (χ4n) is 2.51. The highest BCUT2D eigenvalue weighted by Crippen LogP contribution is 2.26. The predicted octanol–water partition coefficient (Wildman–Crippen LogP) is 1.84. The van der Waals surface area contributed by atoms with Crippen LogP contribution in [0.3, 0.4) is 0 Å². The molecule has 3 heteroatoms. The third-order valence-corrected chi connectivity index (χ3v) is 3.59. The zero-order chi connectivity index (χ0) is 10.6. The molecule has 2 aliphatic rings. The molecule has 3 nitrogen and oxygen atoms in total. The van der Waals surface area contributed by atoms with E-state index in [1.807, 2.05) is 0 Å². The predicted molar refractivity (Wildman–Crippen MR) is 59.8 cm³/mol. The standard InChI is InChI=1S/C12H23NO2/c13-12(6-3-1-2-4-7-12)10-15-11-5-8-14-9-11/h11H,1-10,13H2. The van der Waals surface area contributed by atoms with Crippen LogP contribution in [0.5, 0.6) is 0 Å². The minimum Gasteiger partial charge on any atom is -0.379 e. The van der Waals surface area contributed by atoms with E-state index >= 15 is 0 Å². The Morgan fingerprint density at radius 1 is 1.20 bits per heavy atom. The molecule has 88 valence electrons. The van der Waals surface area contributed by atoms with E-state index in [1.54, 1.807) is 0 Å². The zero-order valence-corrected chi connectivity index (χ0v) is 9.54. The Labute approximate surface area is 92.3 Å². The smallest absolute Gasteiger partial charge is 0.0831 e. The van der Waals surface area contributed by atoms with Gasteiger partial charge in [-0.25, -0.2) is 0 Å². The summed E-state index contributed by atoms with van der Waals surface area (Å²) in [5.41, 5.74) is 6.31. The minimum atomic E-state index is -0.0565. The summed E-state index contributed by atoms with van der Waals surface area (Å²) in [6, 6.07) is 0. The van der Waals surface area contributed by atoms with Gasteiger partial charge in [0, 0.05) is 12.1 Å². The molecule has 0 aromatic heterocycles. The molecule has 0 radical (unpaired) electrons. The van der Waals surface area contributed by atoms with Crippen LogP contribution in [0.1, 0.15) is 44.9 Å². The Morgan fingerprint density at radius 3 is 2.53 bits per heavy atom. The van der Waals surface area contributed by atoms with Gasteiger partial charge in [-0.05, 0) is 19.3 Å². The van der Waals surface area contributed by atoms with Crippen LogP contribution in [-0.4, -0.2) is 31.5 Å². The van der Waals surface area contributed by atoms with Crippen molar-refractivity contribution >= 4 is 0 Å². The van der Waals surface area contributed by atoms with E-state index in [2.05, 4.69) is 0 Å². The summed E-state index contributed by atoms with van der Waals surface area (Å²) in [7, 11) is 0. The van der Waals surface area contributed by atoms with Gasteiger partial charge >= 0.3 is 0 Å². The summed E-state index contributed by atoms with van der Waals surface area (Å²) in [6.45, 7) is 2.33. The highest BCUT2D eigenvalue weighted by molar-refractivity contribution is 4.86. The molecule has 1 saturated carbocycles. The van der Waals surface area contributed by atoms with Gasteiger partial charge in [-0.15, -0.1) is 0 Å². The normalized spacial score (nSPS) is 31.4. The van der Waals surface area contributed by atoms with Crippen molar-refractivity contribution < 1.29 is 9.47 Å². The first-order valence-corrected chi connectivity index (χ1v) is 6.27. The van der Waals surface area contributed by atoms with Gasteiger partial charge in [0.05, 0.1) is 19.3 Å². The van der Waals surface area contributed by atoms with Crippen molar-refractivity contribution in [1.82, 2.24) is 0 Å². The summed E-state index contributed by atoms with van der Waals surface area (Å²) < 4.78 is 11.1. The summed E-state index contributed by atoms with van der Waals surface area (Å²) in [5, 5.41) is 0. The van der Waals surface area contributed by atoms with Crippen LogP contribution in [0.15, 0.2) is 0 Å². The van der Waals surface area contributed by atoms with Crippen molar-refractivity contribution in [1.29, 1.82) is 0 Å². The van der Waals surface area contributed by atoms with Crippen molar-refractivity contribution in [2.24, 2.45) is 5.73 Å². The topological polar surface area (TPSA) is 44.5 Å². The molecule has 1 heterocycles. The molecule has 0 spiro atoms. The third-order valence-electron chi connectivity index (χ3n) is 3.59. The van der Waals surface area contributed by atoms with Crippen LogP contribution in [0, 0.1) is 0 Å². The first kappa shape index (κ1) is 11.4. The summed E-state index contributed by atoms with van der Waals surface area (Å²) >= 11 is 0. The molecule has 0 bridgehead atoms. The van der Waals surface area contributed by atoms with E-state index in [-0.39, 0.29) is 5.54 Å². The Balaban J connectivity index is 1.75. The number of hydrogen-bond acceptors (Lipinski definition) is 3. The molecule has 1 aliphatic heterocycles. The number of nitrogens with two attached hydrogens (primary N) is 1. The van der Waals surface area contributed by atoms with Crippen LogP contribution >= 0.6 is 0 Å². The average Bonchev–Trinajstić information content (AvgIpc) is 2.65. The Hall–Kier alpha value is -0.120. The van der Waals surface area contributed by atoms with E-state index in [0.29, 0.717) is 6.10 Å². The molecule has 15 heavy (non-hydrogen) atoms. The monoisotopic (exact) mass is 213 g/mol. The maximum Gasteiger partial charge on any atom is 0.0831 e. The molecule has 2 rings (SSSR count). The van der Waals surface area contributed by atoms with Crippen LogP contribution in [0.2, 0.25) is 0 Å². The number of hydrogen-bond donors (Lipinski definition) is 1. The van der Waals surface area contributed by atoms with Gasteiger partial charge in [0.2, 0.25) is 0 Å². The van der Waals surface area contributed by atoms with Crippen LogP contribution in [-0.2, 0) is 9.47 Å². The maximum absolute atomic E-state index is 6.37. The largest absolute Gasteiger partial charge is 0.379 e. The first-order chi connectivity index (χ1) is 7.29. The van der Waals surface area contributed by atoms with E-state index in [4.69, 9.17) is 15.2 Å². The van der Waals surface area contributed by atoms with Crippen LogP contribution in [0.25, 0.3) is 0 Å². The summed E-state index contributed by atoms with van der Waals surface area (Å²) in [5.74, 6) is 0. The molecule has 0 aromatic carbocycles. The van der Waals surface area contributed by atoms with Gasteiger partial charge in [-0.2, -0.15) is 0 Å². The van der Waals surface area contributed by atoms with Crippen molar-refractivity contribution in [3.05, 3.63) is 0 Å². The molecule has 1 saturated heterocycles. The van der Waals surface area contributed by atoms with E-state index in [1.165, 1.54) is 25.7 Å². The summed E-state index contributed by atoms with van der Waals surface area (Å²) in [6.07, 6.45) is 8.80. The maximum atomic E-state index is 6.37. The lowest BCUT2D eigenvalue weighted by molar-refractivity contribution is 0.00990. The first-order valence-electron chi connectivity index (χ1n) is 6.27. The molecule has 1 atom stereocenters. The molecular weight excluding hydrogens is 190 g/mol. The lowest BCUT2D eigenvalue weighted by Gasteiger charge is -2.29. The SMILES string of the molecule is NC1(COC2CCOC2)CCCCCC1. The van der Waals surface area contributed by atoms with Crippen molar-refractivity contribution in [2.75, 3.05) is 19.8 Å². The molecule has 1 unspecified atom stereocenters. The van der Waals surface area contributed by atoms with Gasteiger partial charge < -0.3 is 15.2 Å². The second-order valence-corrected chi connectivity index (χ2v) is 5.07. The Bertz CT molecular complexity index is 182. The highest BCUT2D eigenvalue weighted by atomic mass is 16.5. The van der Waals surface area contributed by atoms with E-state index in [9.17, 15) is 0 Å². The Morgan fingerprint density at radius 2 is 1.93 bits per heavy atom. The number of ether oxygens (including phenoxy) is 2. The zero-order valence-electron chi connectivity index (χ0n) is 9.54. The fourth-order valence-corrected chi connectivity index (χ4v) is 2.51. The second kappa shape index (κ2) is 5.28. The van der Waals surface area contributed by atoms with Crippen molar-refractivity contribution in [3.8, 4) is 0 Å². The van der Waals surface area contributed by atoms with E-state index in [0.717, 1.165) is 39.1 Å². The quantitative estimate of drug-likeness (QED) is 0.728. The van der Waals surface area contributed by atoms with Gasteiger partial charge in [0.15, 0.2) is 0 Å². The van der Waals surface area contributed by atoms with E-state index < -0.39 is 0 Å². The molecule has 0 amide bonds.